The third-order valence-corrected chi connectivity index (χ3v) is 4.96. The van der Waals surface area contributed by atoms with Gasteiger partial charge in [-0.15, -0.1) is 11.3 Å². The van der Waals surface area contributed by atoms with Crippen molar-refractivity contribution in [2.24, 2.45) is 0 Å². The number of halogens is 1. The summed E-state index contributed by atoms with van der Waals surface area (Å²) in [6, 6.07) is 16.5. The molecule has 0 atom stereocenters. The highest BCUT2D eigenvalue weighted by molar-refractivity contribution is 7.21. The predicted molar refractivity (Wildman–Crippen MR) is 101 cm³/mol. The summed E-state index contributed by atoms with van der Waals surface area (Å²) < 4.78 is 6.90. The number of rotatable bonds is 4. The molecular formula is C18H10ClN3O3S. The molecule has 6 nitrogen and oxygen atoms in total. The van der Waals surface area contributed by atoms with Crippen molar-refractivity contribution in [3.05, 3.63) is 75.9 Å². The molecule has 4 rings (SSSR count). The summed E-state index contributed by atoms with van der Waals surface area (Å²) in [5, 5.41) is 11.7. The van der Waals surface area contributed by atoms with Crippen LogP contribution in [0, 0.1) is 10.1 Å². The van der Waals surface area contributed by atoms with Crippen molar-refractivity contribution in [1.29, 1.82) is 0 Å². The summed E-state index contributed by atoms with van der Waals surface area (Å²) in [6.07, 6.45) is 1.11. The van der Waals surface area contributed by atoms with E-state index in [4.69, 9.17) is 16.3 Å². The second kappa shape index (κ2) is 6.70. The van der Waals surface area contributed by atoms with Gasteiger partial charge in [0.2, 0.25) is 5.88 Å². The lowest BCUT2D eigenvalue weighted by atomic mass is 10.2. The summed E-state index contributed by atoms with van der Waals surface area (Å²) in [4.78, 5) is 18.8. The Hall–Kier alpha value is -3.03. The third-order valence-electron chi connectivity index (χ3n) is 3.62. The number of aromatic nitrogens is 2. The number of nitro groups is 1. The first kappa shape index (κ1) is 16.4. The van der Waals surface area contributed by atoms with Crippen molar-refractivity contribution < 1.29 is 9.66 Å². The fraction of sp³-hybridized carbons (Fsp3) is 0. The van der Waals surface area contributed by atoms with Crippen LogP contribution in [0.2, 0.25) is 5.02 Å². The molecule has 26 heavy (non-hydrogen) atoms. The van der Waals surface area contributed by atoms with E-state index in [1.165, 1.54) is 6.07 Å². The monoisotopic (exact) mass is 383 g/mol. The van der Waals surface area contributed by atoms with Crippen LogP contribution in [-0.2, 0) is 0 Å². The van der Waals surface area contributed by atoms with Gasteiger partial charge in [-0.25, -0.2) is 9.97 Å². The van der Waals surface area contributed by atoms with Gasteiger partial charge in [-0.3, -0.25) is 10.1 Å². The van der Waals surface area contributed by atoms with E-state index in [0.717, 1.165) is 27.0 Å². The minimum Gasteiger partial charge on any atom is -0.437 e. The van der Waals surface area contributed by atoms with Crippen LogP contribution in [0.4, 0.5) is 5.69 Å². The molecule has 0 aliphatic heterocycles. The van der Waals surface area contributed by atoms with E-state index in [9.17, 15) is 10.1 Å². The molecule has 0 bridgehead atoms. The van der Waals surface area contributed by atoms with Crippen molar-refractivity contribution >= 4 is 38.8 Å². The van der Waals surface area contributed by atoms with Gasteiger partial charge in [-0.2, -0.15) is 0 Å². The normalized spacial score (nSPS) is 10.8. The van der Waals surface area contributed by atoms with Crippen molar-refractivity contribution in [2.75, 3.05) is 0 Å². The topological polar surface area (TPSA) is 78.2 Å². The Morgan fingerprint density at radius 3 is 2.65 bits per heavy atom. The Morgan fingerprint density at radius 1 is 1.12 bits per heavy atom. The van der Waals surface area contributed by atoms with Crippen LogP contribution in [0.1, 0.15) is 0 Å². The molecule has 2 heterocycles. The smallest absolute Gasteiger partial charge is 0.289 e. The van der Waals surface area contributed by atoms with E-state index in [1.807, 2.05) is 42.5 Å². The first-order valence-electron chi connectivity index (χ1n) is 7.54. The standard InChI is InChI=1S/C18H10ClN3O3S/c19-13-9-11(22(23)24)10-20-17(13)25-15-7-3-1-5-12(15)18-21-14-6-2-4-8-16(14)26-18/h1-10H. The lowest BCUT2D eigenvalue weighted by Gasteiger charge is -2.09. The van der Waals surface area contributed by atoms with Crippen LogP contribution in [0.5, 0.6) is 11.6 Å². The van der Waals surface area contributed by atoms with Crippen LogP contribution in [0.15, 0.2) is 60.8 Å². The SMILES string of the molecule is O=[N+]([O-])c1cnc(Oc2ccccc2-c2nc3ccccc3s2)c(Cl)c1. The second-order valence-electron chi connectivity index (χ2n) is 5.32. The third kappa shape index (κ3) is 3.10. The Bertz CT molecular complexity index is 1100. The number of ether oxygens (including phenoxy) is 1. The Labute approximate surface area is 156 Å². The highest BCUT2D eigenvalue weighted by atomic mass is 35.5. The molecule has 128 valence electrons. The number of pyridine rings is 1. The maximum absolute atomic E-state index is 10.8. The van der Waals surface area contributed by atoms with E-state index in [0.29, 0.717) is 5.75 Å². The van der Waals surface area contributed by atoms with Gasteiger partial charge in [0.25, 0.3) is 5.69 Å². The molecule has 0 saturated heterocycles. The number of para-hydroxylation sites is 2. The molecule has 0 spiro atoms. The minimum absolute atomic E-state index is 0.0679. The molecule has 0 aliphatic rings. The fourth-order valence-electron chi connectivity index (χ4n) is 2.41. The summed E-state index contributed by atoms with van der Waals surface area (Å²) in [7, 11) is 0. The van der Waals surface area contributed by atoms with Crippen molar-refractivity contribution in [2.45, 2.75) is 0 Å². The van der Waals surface area contributed by atoms with Gasteiger partial charge < -0.3 is 4.74 Å². The molecule has 8 heteroatoms. The van der Waals surface area contributed by atoms with Gasteiger partial charge in [0.1, 0.15) is 22.0 Å². The minimum atomic E-state index is -0.558. The van der Waals surface area contributed by atoms with Crippen molar-refractivity contribution in [3.63, 3.8) is 0 Å². The molecule has 2 aromatic heterocycles. The first-order valence-corrected chi connectivity index (χ1v) is 8.74. The zero-order valence-corrected chi connectivity index (χ0v) is 14.7. The predicted octanol–water partition coefficient (Wildman–Crippen LogP) is 5.71. The van der Waals surface area contributed by atoms with E-state index < -0.39 is 4.92 Å². The summed E-state index contributed by atoms with van der Waals surface area (Å²) in [5.74, 6) is 0.626. The van der Waals surface area contributed by atoms with E-state index in [1.54, 1.807) is 17.4 Å². The van der Waals surface area contributed by atoms with Gasteiger partial charge in [-0.1, -0.05) is 35.9 Å². The number of nitrogens with zero attached hydrogens (tertiary/aromatic N) is 3. The maximum Gasteiger partial charge on any atom is 0.289 e. The Kier molecular flexibility index (Phi) is 4.24. The van der Waals surface area contributed by atoms with Crippen molar-refractivity contribution in [3.8, 4) is 22.2 Å². The highest BCUT2D eigenvalue weighted by Crippen LogP contribution is 2.38. The van der Waals surface area contributed by atoms with Crippen LogP contribution in [0.3, 0.4) is 0 Å². The molecule has 0 fully saturated rings. The fourth-order valence-corrected chi connectivity index (χ4v) is 3.61. The maximum atomic E-state index is 10.8. The number of hydrogen-bond acceptors (Lipinski definition) is 6. The molecule has 4 aromatic rings. The van der Waals surface area contributed by atoms with E-state index in [2.05, 4.69) is 9.97 Å². The number of thiazole rings is 1. The largest absolute Gasteiger partial charge is 0.437 e. The molecule has 0 unspecified atom stereocenters. The molecular weight excluding hydrogens is 374 g/mol. The first-order chi connectivity index (χ1) is 12.6. The zero-order chi connectivity index (χ0) is 18.1. The zero-order valence-electron chi connectivity index (χ0n) is 13.1. The number of hydrogen-bond donors (Lipinski definition) is 0. The lowest BCUT2D eigenvalue weighted by molar-refractivity contribution is -0.385. The molecule has 0 N–H and O–H groups in total. The van der Waals surface area contributed by atoms with Crippen molar-refractivity contribution in [1.82, 2.24) is 9.97 Å². The highest BCUT2D eigenvalue weighted by Gasteiger charge is 2.16. The lowest BCUT2D eigenvalue weighted by Crippen LogP contribution is -1.94. The number of fused-ring (bicyclic) bond motifs is 1. The van der Waals surface area contributed by atoms with Gasteiger partial charge in [0, 0.05) is 6.07 Å². The van der Waals surface area contributed by atoms with Crippen LogP contribution in [0.25, 0.3) is 20.8 Å². The molecule has 0 aliphatic carbocycles. The summed E-state index contributed by atoms with van der Waals surface area (Å²) in [5.41, 5.74) is 1.51. The van der Waals surface area contributed by atoms with Gasteiger partial charge in [0.15, 0.2) is 0 Å². The van der Waals surface area contributed by atoms with Gasteiger partial charge in [-0.05, 0) is 24.3 Å². The van der Waals surface area contributed by atoms with Crippen LogP contribution < -0.4 is 4.74 Å². The molecule has 2 aromatic carbocycles. The summed E-state index contributed by atoms with van der Waals surface area (Å²) >= 11 is 7.63. The summed E-state index contributed by atoms with van der Waals surface area (Å²) in [6.45, 7) is 0. The molecule has 0 radical (unpaired) electrons. The van der Waals surface area contributed by atoms with E-state index >= 15 is 0 Å². The molecule has 0 amide bonds. The average Bonchev–Trinajstić information content (AvgIpc) is 3.07. The Balaban J connectivity index is 1.73. The van der Waals surface area contributed by atoms with Gasteiger partial charge >= 0.3 is 0 Å². The van der Waals surface area contributed by atoms with Crippen LogP contribution in [-0.4, -0.2) is 14.9 Å². The second-order valence-corrected chi connectivity index (χ2v) is 6.76. The van der Waals surface area contributed by atoms with Crippen LogP contribution >= 0.6 is 22.9 Å². The quantitative estimate of drug-likeness (QED) is 0.333. The average molecular weight is 384 g/mol. The Morgan fingerprint density at radius 2 is 1.88 bits per heavy atom. The van der Waals surface area contributed by atoms with Gasteiger partial charge in [0.05, 0.1) is 20.7 Å². The molecule has 0 saturated carbocycles. The number of benzene rings is 2. The van der Waals surface area contributed by atoms with E-state index in [-0.39, 0.29) is 16.6 Å².